The standard InChI is InChI=1S/C56H83N2O12/c1-9-58(6,7)42-46-12-13-48(40-47(46)43-69-35-34-67-31-30-65-27-26-63-23-22-61-19-18-59)56(52-38-44(2)10-15-50(52)51-16-11-45(3)39-53(51)56)49-14-17-54(57(4)5)55(41-49)70-37-36-68-33-32-66-29-28-64-25-24-62-21-20-60-8/h10-17,38-41,59H,9,18-37,42-43H2,1-8H3/q+1. The molecule has 0 fully saturated rings. The van der Waals surface area contributed by atoms with Gasteiger partial charge in [-0.1, -0.05) is 71.8 Å². The summed E-state index contributed by atoms with van der Waals surface area (Å²) in [5, 5.41) is 8.80. The highest BCUT2D eigenvalue weighted by molar-refractivity contribution is 5.87. The van der Waals surface area contributed by atoms with Crippen LogP contribution in [0.3, 0.4) is 0 Å². The number of methoxy groups -OCH3 is 1. The lowest BCUT2D eigenvalue weighted by Gasteiger charge is -2.36. The Balaban J connectivity index is 1.34. The van der Waals surface area contributed by atoms with Crippen LogP contribution < -0.4 is 9.64 Å². The summed E-state index contributed by atoms with van der Waals surface area (Å²) >= 11 is 0. The Morgan fingerprint density at radius 1 is 0.500 bits per heavy atom. The molecule has 0 bridgehead atoms. The summed E-state index contributed by atoms with van der Waals surface area (Å²) in [7, 11) is 10.3. The van der Waals surface area contributed by atoms with Gasteiger partial charge in [-0.15, -0.1) is 0 Å². The molecule has 0 spiro atoms. The summed E-state index contributed by atoms with van der Waals surface area (Å²) in [6.07, 6.45) is 0. The number of hydrogen-bond donors (Lipinski definition) is 1. The Kier molecular flexibility index (Phi) is 25.0. The van der Waals surface area contributed by atoms with Crippen LogP contribution in [0.1, 0.15) is 51.4 Å². The molecule has 0 heterocycles. The molecule has 1 N–H and O–H groups in total. The lowest BCUT2D eigenvalue weighted by molar-refractivity contribution is -0.901. The van der Waals surface area contributed by atoms with Gasteiger partial charge >= 0.3 is 0 Å². The van der Waals surface area contributed by atoms with Crippen LogP contribution in [-0.4, -0.2) is 184 Å². The molecule has 4 aromatic rings. The Labute approximate surface area is 418 Å². The highest BCUT2D eigenvalue weighted by Crippen LogP contribution is 2.57. The fourth-order valence-corrected chi connectivity index (χ4v) is 8.53. The quantitative estimate of drug-likeness (QED) is 0.0323. The van der Waals surface area contributed by atoms with Crippen molar-refractivity contribution in [2.24, 2.45) is 0 Å². The molecule has 14 heteroatoms. The molecule has 1 aliphatic carbocycles. The van der Waals surface area contributed by atoms with Crippen molar-refractivity contribution < 1.29 is 61.7 Å². The molecule has 0 unspecified atom stereocenters. The van der Waals surface area contributed by atoms with Crippen molar-refractivity contribution in [3.63, 3.8) is 0 Å². The van der Waals surface area contributed by atoms with E-state index in [0.717, 1.165) is 40.1 Å². The van der Waals surface area contributed by atoms with Crippen molar-refractivity contribution in [2.75, 3.05) is 179 Å². The second-order valence-electron chi connectivity index (χ2n) is 18.3. The molecule has 0 radical (unpaired) electrons. The average molecular weight is 976 g/mol. The van der Waals surface area contributed by atoms with Crippen LogP contribution >= 0.6 is 0 Å². The first kappa shape index (κ1) is 56.9. The van der Waals surface area contributed by atoms with Gasteiger partial charge in [0, 0.05) is 26.8 Å². The molecule has 0 saturated carbocycles. The number of quaternary nitrogens is 1. The van der Waals surface area contributed by atoms with E-state index in [4.69, 9.17) is 57.2 Å². The summed E-state index contributed by atoms with van der Waals surface area (Å²) in [4.78, 5) is 2.10. The Bertz CT molecular complexity index is 2060. The number of rotatable bonds is 38. The molecule has 4 aromatic carbocycles. The van der Waals surface area contributed by atoms with Crippen LogP contribution in [0.5, 0.6) is 5.75 Å². The van der Waals surface area contributed by atoms with E-state index < -0.39 is 5.41 Å². The van der Waals surface area contributed by atoms with E-state index in [0.29, 0.717) is 132 Å². The third-order valence-electron chi connectivity index (χ3n) is 12.4. The minimum absolute atomic E-state index is 0.0121. The highest BCUT2D eigenvalue weighted by atomic mass is 16.6. The van der Waals surface area contributed by atoms with Crippen LogP contribution in [0.2, 0.25) is 0 Å². The van der Waals surface area contributed by atoms with Gasteiger partial charge in [0.25, 0.3) is 0 Å². The molecule has 0 saturated heterocycles. The summed E-state index contributed by atoms with van der Waals surface area (Å²) in [6.45, 7) is 17.9. The van der Waals surface area contributed by atoms with Crippen molar-refractivity contribution in [1.82, 2.24) is 0 Å². The molecular formula is C56H83N2O12+. The summed E-state index contributed by atoms with van der Waals surface area (Å²) < 4.78 is 63.9. The Morgan fingerprint density at radius 3 is 1.41 bits per heavy atom. The van der Waals surface area contributed by atoms with Gasteiger partial charge < -0.3 is 66.6 Å². The molecule has 388 valence electrons. The number of anilines is 1. The average Bonchev–Trinajstić information content (AvgIpc) is 3.63. The molecule has 0 atom stereocenters. The molecule has 5 rings (SSSR count). The smallest absolute Gasteiger partial charge is 0.143 e. The number of hydrogen-bond acceptors (Lipinski definition) is 13. The SMILES string of the molecule is CC[N+](C)(C)Cc1ccc(C2(c3ccc(N(C)C)c(OCCOCCOCCOCCOCCOC)c3)c3cc(C)ccc3-c3ccc(C)cc32)cc1COCCOCCOCCOCCOCCO. The van der Waals surface area contributed by atoms with Gasteiger partial charge in [-0.3, -0.25) is 0 Å². The number of aryl methyl sites for hydroxylation is 2. The number of benzene rings is 4. The predicted octanol–water partition coefficient (Wildman–Crippen LogP) is 7.00. The normalized spacial score (nSPS) is 12.9. The fourth-order valence-electron chi connectivity index (χ4n) is 8.53. The zero-order chi connectivity index (χ0) is 50.0. The second-order valence-corrected chi connectivity index (χ2v) is 18.3. The fraction of sp³-hybridized carbons (Fsp3) is 0.571. The van der Waals surface area contributed by atoms with Gasteiger partial charge in [0.2, 0.25) is 0 Å². The van der Waals surface area contributed by atoms with Crippen molar-refractivity contribution >= 4 is 5.69 Å². The molecule has 70 heavy (non-hydrogen) atoms. The lowest BCUT2D eigenvalue weighted by Crippen LogP contribution is -2.38. The van der Waals surface area contributed by atoms with E-state index >= 15 is 0 Å². The minimum Gasteiger partial charge on any atom is -0.489 e. The Morgan fingerprint density at radius 2 is 0.943 bits per heavy atom. The van der Waals surface area contributed by atoms with Gasteiger partial charge in [0.1, 0.15) is 18.9 Å². The third-order valence-corrected chi connectivity index (χ3v) is 12.4. The third kappa shape index (κ3) is 17.1. The maximum Gasteiger partial charge on any atom is 0.143 e. The summed E-state index contributed by atoms with van der Waals surface area (Å²) in [5.74, 6) is 0.793. The van der Waals surface area contributed by atoms with E-state index in [1.165, 1.54) is 44.5 Å². The summed E-state index contributed by atoms with van der Waals surface area (Å²) in [5.41, 5.74) is 12.4. The minimum atomic E-state index is -0.662. The van der Waals surface area contributed by atoms with Gasteiger partial charge in [-0.25, -0.2) is 0 Å². The molecular weight excluding hydrogens is 893 g/mol. The van der Waals surface area contributed by atoms with Crippen molar-refractivity contribution in [1.29, 1.82) is 0 Å². The number of ether oxygens (including phenoxy) is 11. The van der Waals surface area contributed by atoms with Crippen molar-refractivity contribution in [3.05, 3.63) is 117 Å². The first-order chi connectivity index (χ1) is 34.0. The maximum atomic E-state index is 8.80. The lowest BCUT2D eigenvalue weighted by atomic mass is 9.66. The van der Waals surface area contributed by atoms with Crippen molar-refractivity contribution in [3.8, 4) is 16.9 Å². The molecule has 14 nitrogen and oxygen atoms in total. The van der Waals surface area contributed by atoms with E-state index in [-0.39, 0.29) is 6.61 Å². The number of fused-ring (bicyclic) bond motifs is 3. The van der Waals surface area contributed by atoms with Gasteiger partial charge in [0.05, 0.1) is 164 Å². The van der Waals surface area contributed by atoms with Gasteiger partial charge in [-0.2, -0.15) is 0 Å². The topological polar surface area (TPSA) is 125 Å². The first-order valence-electron chi connectivity index (χ1n) is 25.0. The highest BCUT2D eigenvalue weighted by Gasteiger charge is 2.47. The predicted molar refractivity (Wildman–Crippen MR) is 275 cm³/mol. The van der Waals surface area contributed by atoms with Crippen LogP contribution in [-0.2, 0) is 65.9 Å². The molecule has 0 aliphatic heterocycles. The van der Waals surface area contributed by atoms with E-state index in [9.17, 15) is 0 Å². The first-order valence-corrected chi connectivity index (χ1v) is 25.0. The van der Waals surface area contributed by atoms with Gasteiger partial charge in [-0.05, 0) is 71.8 Å². The van der Waals surface area contributed by atoms with Crippen LogP contribution in [0.15, 0.2) is 72.8 Å². The molecule has 0 amide bonds. The monoisotopic (exact) mass is 976 g/mol. The van der Waals surface area contributed by atoms with E-state index in [1.54, 1.807) is 7.11 Å². The number of aliphatic hydroxyl groups excluding tert-OH is 1. The maximum absolute atomic E-state index is 8.80. The largest absolute Gasteiger partial charge is 0.489 e. The van der Waals surface area contributed by atoms with Crippen LogP contribution in [0, 0.1) is 13.8 Å². The second kappa shape index (κ2) is 30.8. The zero-order valence-corrected chi connectivity index (χ0v) is 43.5. The van der Waals surface area contributed by atoms with E-state index in [2.05, 4.69) is 127 Å². The van der Waals surface area contributed by atoms with Crippen LogP contribution in [0.4, 0.5) is 5.69 Å². The zero-order valence-electron chi connectivity index (χ0n) is 43.5. The summed E-state index contributed by atoms with van der Waals surface area (Å²) in [6, 6.07) is 27.5. The molecule has 0 aromatic heterocycles. The van der Waals surface area contributed by atoms with E-state index in [1.807, 2.05) is 0 Å². The number of aliphatic hydroxyl groups is 1. The molecule has 1 aliphatic rings. The number of nitrogens with zero attached hydrogens (tertiary/aromatic N) is 2. The Hall–Kier alpha value is -4.00. The van der Waals surface area contributed by atoms with Crippen molar-refractivity contribution in [2.45, 2.75) is 39.3 Å². The van der Waals surface area contributed by atoms with Crippen LogP contribution in [0.25, 0.3) is 11.1 Å². The van der Waals surface area contributed by atoms with Gasteiger partial charge in [0.15, 0.2) is 0 Å².